The Balaban J connectivity index is 1.63. The van der Waals surface area contributed by atoms with Gasteiger partial charge in [0.1, 0.15) is 11.7 Å². The van der Waals surface area contributed by atoms with E-state index >= 15 is 0 Å². The van der Waals surface area contributed by atoms with Crippen LogP contribution in [0.1, 0.15) is 43.8 Å². The Labute approximate surface area is 115 Å². The van der Waals surface area contributed by atoms with E-state index in [2.05, 4.69) is 20.0 Å². The van der Waals surface area contributed by atoms with Crippen LogP contribution in [-0.2, 0) is 9.59 Å². The Morgan fingerprint density at radius 2 is 2.16 bits per heavy atom. The Bertz CT molecular complexity index is 498. The number of carbonyl (C=O) groups excluding carboxylic acids is 2. The molecule has 0 spiro atoms. The Morgan fingerprint density at radius 1 is 1.32 bits per heavy atom. The standard InChI is InChI=1S/C12H16N4O2S/c17-10-8(3-1-2-6-13-10)11(18)15-12-14-9(16-19-12)7-4-5-7/h7-8H,1-6H2,(H,13,17)(H,14,15,16,18). The molecule has 1 aliphatic heterocycles. The fourth-order valence-corrected chi connectivity index (χ4v) is 2.83. The first-order chi connectivity index (χ1) is 9.24. The second-order valence-electron chi connectivity index (χ2n) is 5.06. The number of aromatic nitrogens is 2. The minimum Gasteiger partial charge on any atom is -0.355 e. The maximum atomic E-state index is 12.1. The molecule has 1 saturated carbocycles. The Morgan fingerprint density at radius 3 is 2.95 bits per heavy atom. The molecule has 1 unspecified atom stereocenters. The van der Waals surface area contributed by atoms with Crippen molar-refractivity contribution in [2.45, 2.75) is 38.0 Å². The van der Waals surface area contributed by atoms with Gasteiger partial charge in [-0.05, 0) is 25.7 Å². The molecule has 102 valence electrons. The van der Waals surface area contributed by atoms with Crippen LogP contribution in [0.25, 0.3) is 0 Å². The molecule has 2 heterocycles. The van der Waals surface area contributed by atoms with Crippen LogP contribution in [-0.4, -0.2) is 27.7 Å². The average molecular weight is 280 g/mol. The minimum absolute atomic E-state index is 0.179. The van der Waals surface area contributed by atoms with E-state index in [1.165, 1.54) is 11.5 Å². The zero-order chi connectivity index (χ0) is 13.2. The van der Waals surface area contributed by atoms with Crippen molar-refractivity contribution in [3.05, 3.63) is 5.82 Å². The van der Waals surface area contributed by atoms with Gasteiger partial charge >= 0.3 is 0 Å². The SMILES string of the molecule is O=C1NCCCCC1C(=O)Nc1nc(C2CC2)ns1. The molecule has 1 aromatic rings. The summed E-state index contributed by atoms with van der Waals surface area (Å²) >= 11 is 1.19. The molecule has 6 nitrogen and oxygen atoms in total. The highest BCUT2D eigenvalue weighted by molar-refractivity contribution is 7.09. The Hall–Kier alpha value is -1.50. The van der Waals surface area contributed by atoms with Gasteiger partial charge in [-0.2, -0.15) is 4.37 Å². The number of amides is 2. The lowest BCUT2D eigenvalue weighted by Gasteiger charge is -2.11. The van der Waals surface area contributed by atoms with Gasteiger partial charge in [-0.15, -0.1) is 0 Å². The number of hydrogen-bond acceptors (Lipinski definition) is 5. The number of nitrogens with zero attached hydrogens (tertiary/aromatic N) is 2. The quantitative estimate of drug-likeness (QED) is 0.817. The van der Waals surface area contributed by atoms with Gasteiger partial charge in [0.2, 0.25) is 16.9 Å². The molecule has 2 aliphatic rings. The minimum atomic E-state index is -0.601. The number of rotatable bonds is 3. The van der Waals surface area contributed by atoms with Crippen LogP contribution in [0.4, 0.5) is 5.13 Å². The molecule has 1 atom stereocenters. The van der Waals surface area contributed by atoms with Crippen LogP contribution in [0.2, 0.25) is 0 Å². The summed E-state index contributed by atoms with van der Waals surface area (Å²) < 4.78 is 4.23. The molecule has 0 bridgehead atoms. The lowest BCUT2D eigenvalue weighted by atomic mass is 10.0. The zero-order valence-corrected chi connectivity index (χ0v) is 11.3. The summed E-state index contributed by atoms with van der Waals surface area (Å²) in [7, 11) is 0. The fourth-order valence-electron chi connectivity index (χ4n) is 2.18. The average Bonchev–Trinajstić information content (AvgIpc) is 3.17. The van der Waals surface area contributed by atoms with E-state index in [0.29, 0.717) is 24.0 Å². The van der Waals surface area contributed by atoms with Gasteiger partial charge in [-0.25, -0.2) is 4.98 Å². The van der Waals surface area contributed by atoms with Gasteiger partial charge in [-0.3, -0.25) is 9.59 Å². The molecule has 2 fully saturated rings. The highest BCUT2D eigenvalue weighted by atomic mass is 32.1. The lowest BCUT2D eigenvalue weighted by Crippen LogP contribution is -2.36. The van der Waals surface area contributed by atoms with E-state index in [9.17, 15) is 9.59 Å². The maximum absolute atomic E-state index is 12.1. The highest BCUT2D eigenvalue weighted by Gasteiger charge is 2.30. The summed E-state index contributed by atoms with van der Waals surface area (Å²) in [6, 6.07) is 0. The molecular weight excluding hydrogens is 264 g/mol. The lowest BCUT2D eigenvalue weighted by molar-refractivity contribution is -0.132. The van der Waals surface area contributed by atoms with Crippen LogP contribution in [0, 0.1) is 5.92 Å². The van der Waals surface area contributed by atoms with Gasteiger partial charge in [0.15, 0.2) is 0 Å². The molecule has 2 amide bonds. The second-order valence-corrected chi connectivity index (χ2v) is 5.81. The van der Waals surface area contributed by atoms with E-state index in [0.717, 1.165) is 31.5 Å². The molecule has 3 rings (SSSR count). The van der Waals surface area contributed by atoms with Crippen molar-refractivity contribution in [3.8, 4) is 0 Å². The summed E-state index contributed by atoms with van der Waals surface area (Å²) in [4.78, 5) is 28.2. The van der Waals surface area contributed by atoms with E-state index < -0.39 is 5.92 Å². The predicted octanol–water partition coefficient (Wildman–Crippen LogP) is 1.27. The molecule has 7 heteroatoms. The third kappa shape index (κ3) is 2.91. The van der Waals surface area contributed by atoms with Gasteiger partial charge in [-0.1, -0.05) is 6.42 Å². The summed E-state index contributed by atoms with van der Waals surface area (Å²) in [6.45, 7) is 0.660. The first kappa shape index (κ1) is 12.5. The van der Waals surface area contributed by atoms with Crippen LogP contribution in [0.5, 0.6) is 0 Å². The fraction of sp³-hybridized carbons (Fsp3) is 0.667. The first-order valence-electron chi connectivity index (χ1n) is 6.66. The van der Waals surface area contributed by atoms with Crippen molar-refractivity contribution >= 4 is 28.5 Å². The van der Waals surface area contributed by atoms with Crippen molar-refractivity contribution < 1.29 is 9.59 Å². The van der Waals surface area contributed by atoms with E-state index in [4.69, 9.17) is 0 Å². The van der Waals surface area contributed by atoms with Crippen molar-refractivity contribution in [1.82, 2.24) is 14.7 Å². The summed E-state index contributed by atoms with van der Waals surface area (Å²) in [5.41, 5.74) is 0. The van der Waals surface area contributed by atoms with Crippen molar-refractivity contribution in [1.29, 1.82) is 0 Å². The maximum Gasteiger partial charge on any atom is 0.238 e. The van der Waals surface area contributed by atoms with Crippen LogP contribution < -0.4 is 10.6 Å². The summed E-state index contributed by atoms with van der Waals surface area (Å²) in [5.74, 6) is 0.254. The smallest absolute Gasteiger partial charge is 0.238 e. The molecule has 0 radical (unpaired) electrons. The molecular formula is C12H16N4O2S. The van der Waals surface area contributed by atoms with E-state index in [1.54, 1.807) is 0 Å². The third-order valence-electron chi connectivity index (χ3n) is 3.47. The van der Waals surface area contributed by atoms with E-state index in [1.807, 2.05) is 0 Å². The third-order valence-corrected chi connectivity index (χ3v) is 4.11. The molecule has 19 heavy (non-hydrogen) atoms. The zero-order valence-electron chi connectivity index (χ0n) is 10.5. The largest absolute Gasteiger partial charge is 0.355 e. The van der Waals surface area contributed by atoms with Gasteiger partial charge in [0.05, 0.1) is 0 Å². The van der Waals surface area contributed by atoms with E-state index in [-0.39, 0.29) is 11.8 Å². The predicted molar refractivity (Wildman–Crippen MR) is 70.9 cm³/mol. The normalized spacial score (nSPS) is 23.6. The van der Waals surface area contributed by atoms with Crippen LogP contribution in [0.15, 0.2) is 0 Å². The molecule has 2 N–H and O–H groups in total. The number of carbonyl (C=O) groups is 2. The number of hydrogen-bond donors (Lipinski definition) is 2. The van der Waals surface area contributed by atoms with Gasteiger partial charge in [0.25, 0.3) is 0 Å². The summed E-state index contributed by atoms with van der Waals surface area (Å²) in [6.07, 6.45) is 4.69. The molecule has 1 saturated heterocycles. The second kappa shape index (κ2) is 5.24. The van der Waals surface area contributed by atoms with Gasteiger partial charge < -0.3 is 10.6 Å². The number of anilines is 1. The molecule has 0 aromatic carbocycles. The molecule has 1 aromatic heterocycles. The van der Waals surface area contributed by atoms with Crippen molar-refractivity contribution in [3.63, 3.8) is 0 Å². The topological polar surface area (TPSA) is 84.0 Å². The van der Waals surface area contributed by atoms with Crippen LogP contribution >= 0.6 is 11.5 Å². The highest BCUT2D eigenvalue weighted by Crippen LogP contribution is 2.39. The summed E-state index contributed by atoms with van der Waals surface area (Å²) in [5, 5.41) is 5.98. The van der Waals surface area contributed by atoms with Crippen molar-refractivity contribution in [2.24, 2.45) is 5.92 Å². The van der Waals surface area contributed by atoms with Crippen molar-refractivity contribution in [2.75, 3.05) is 11.9 Å². The monoisotopic (exact) mass is 280 g/mol. The van der Waals surface area contributed by atoms with Gasteiger partial charge in [0, 0.05) is 24.0 Å². The number of nitrogens with one attached hydrogen (secondary N) is 2. The first-order valence-corrected chi connectivity index (χ1v) is 7.43. The Kier molecular flexibility index (Phi) is 3.46. The van der Waals surface area contributed by atoms with Crippen LogP contribution in [0.3, 0.4) is 0 Å². The molecule has 1 aliphatic carbocycles.